The lowest BCUT2D eigenvalue weighted by Crippen LogP contribution is -2.32. The fourth-order valence-electron chi connectivity index (χ4n) is 2.22. The van der Waals surface area contributed by atoms with E-state index in [0.29, 0.717) is 25.2 Å². The highest BCUT2D eigenvalue weighted by atomic mass is 16.6. The predicted molar refractivity (Wildman–Crippen MR) is 92.5 cm³/mol. The van der Waals surface area contributed by atoms with E-state index in [1.807, 2.05) is 51.1 Å². The number of ether oxygens (including phenoxy) is 1. The smallest absolute Gasteiger partial charge is 0.407 e. The quantitative estimate of drug-likeness (QED) is 0.691. The molecule has 0 fully saturated rings. The molecule has 0 bridgehead atoms. The lowest BCUT2D eigenvalue weighted by Gasteiger charge is -2.19. The van der Waals surface area contributed by atoms with Crippen LogP contribution in [0.15, 0.2) is 30.3 Å². The van der Waals surface area contributed by atoms with Crippen LogP contribution >= 0.6 is 0 Å². The van der Waals surface area contributed by atoms with Gasteiger partial charge in [-0.3, -0.25) is 4.79 Å². The summed E-state index contributed by atoms with van der Waals surface area (Å²) in [6.07, 6.45) is 4.64. The standard InChI is InChI=1S/C19H29NO3/c1-19(2,3)23-18(22)20-14-10-5-4-9-13-17(21)15-16-11-7-6-8-12-16/h6-8,11-12H,4-5,9-10,13-15H2,1-3H3,(H,20,22). The predicted octanol–water partition coefficient (Wildman–Crippen LogP) is 4.27. The molecule has 4 heteroatoms. The molecule has 0 saturated carbocycles. The van der Waals surface area contributed by atoms with Crippen molar-refractivity contribution in [3.05, 3.63) is 35.9 Å². The molecule has 4 nitrogen and oxygen atoms in total. The number of nitrogens with one attached hydrogen (secondary N) is 1. The van der Waals surface area contributed by atoms with Crippen molar-refractivity contribution in [3.63, 3.8) is 0 Å². The van der Waals surface area contributed by atoms with Crippen LogP contribution in [0.2, 0.25) is 0 Å². The van der Waals surface area contributed by atoms with Crippen LogP contribution in [0.3, 0.4) is 0 Å². The molecule has 23 heavy (non-hydrogen) atoms. The van der Waals surface area contributed by atoms with Crippen LogP contribution in [0.1, 0.15) is 58.4 Å². The molecule has 0 unspecified atom stereocenters. The fraction of sp³-hybridized carbons (Fsp3) is 0.579. The summed E-state index contributed by atoms with van der Waals surface area (Å²) in [4.78, 5) is 23.3. The zero-order valence-corrected chi connectivity index (χ0v) is 14.6. The Balaban J connectivity index is 1.99. The first kappa shape index (κ1) is 19.2. The average Bonchev–Trinajstić information content (AvgIpc) is 2.45. The summed E-state index contributed by atoms with van der Waals surface area (Å²) in [5.74, 6) is 0.295. The maximum Gasteiger partial charge on any atom is 0.407 e. The van der Waals surface area contributed by atoms with Crippen LogP contribution in [-0.2, 0) is 16.0 Å². The number of rotatable bonds is 9. The second kappa shape index (κ2) is 10.0. The van der Waals surface area contributed by atoms with Crippen molar-refractivity contribution >= 4 is 11.9 Å². The number of Topliss-reactive ketones (excluding diaryl/α,β-unsaturated/α-hetero) is 1. The Labute approximate surface area is 139 Å². The topological polar surface area (TPSA) is 55.4 Å². The minimum atomic E-state index is -0.455. The maximum atomic E-state index is 11.8. The number of alkyl carbamates (subject to hydrolysis) is 1. The number of amides is 1. The molecule has 0 heterocycles. The molecule has 1 aromatic rings. The van der Waals surface area contributed by atoms with E-state index in [9.17, 15) is 9.59 Å². The van der Waals surface area contributed by atoms with Gasteiger partial charge in [0.25, 0.3) is 0 Å². The molecule has 0 aliphatic heterocycles. The van der Waals surface area contributed by atoms with Crippen LogP contribution in [0, 0.1) is 0 Å². The van der Waals surface area contributed by atoms with Crippen LogP contribution in [0.5, 0.6) is 0 Å². The van der Waals surface area contributed by atoms with E-state index in [0.717, 1.165) is 31.2 Å². The van der Waals surface area contributed by atoms with Gasteiger partial charge in [-0.25, -0.2) is 4.79 Å². The second-order valence-corrected chi connectivity index (χ2v) is 6.79. The number of unbranched alkanes of at least 4 members (excludes halogenated alkanes) is 3. The average molecular weight is 319 g/mol. The first-order valence-electron chi connectivity index (χ1n) is 8.39. The molecule has 0 aromatic heterocycles. The van der Waals surface area contributed by atoms with Gasteiger partial charge in [0, 0.05) is 19.4 Å². The van der Waals surface area contributed by atoms with E-state index in [4.69, 9.17) is 4.74 Å². The first-order valence-corrected chi connectivity index (χ1v) is 8.39. The van der Waals surface area contributed by atoms with E-state index in [1.54, 1.807) is 0 Å². The van der Waals surface area contributed by atoms with Crippen molar-refractivity contribution in [2.75, 3.05) is 6.54 Å². The van der Waals surface area contributed by atoms with Crippen molar-refractivity contribution in [2.45, 2.75) is 64.9 Å². The minimum Gasteiger partial charge on any atom is -0.444 e. The largest absolute Gasteiger partial charge is 0.444 e. The van der Waals surface area contributed by atoms with Gasteiger partial charge in [0.2, 0.25) is 0 Å². The second-order valence-electron chi connectivity index (χ2n) is 6.79. The van der Waals surface area contributed by atoms with E-state index in [2.05, 4.69) is 5.32 Å². The number of ketones is 1. The van der Waals surface area contributed by atoms with E-state index < -0.39 is 5.60 Å². The highest BCUT2D eigenvalue weighted by Crippen LogP contribution is 2.08. The SMILES string of the molecule is CC(C)(C)OC(=O)NCCCCCCC(=O)Cc1ccccc1. The third kappa shape index (κ3) is 10.5. The van der Waals surface area contributed by atoms with Crippen molar-refractivity contribution in [3.8, 4) is 0 Å². The van der Waals surface area contributed by atoms with Crippen molar-refractivity contribution < 1.29 is 14.3 Å². The third-order valence-corrected chi connectivity index (χ3v) is 3.29. The Morgan fingerprint density at radius 3 is 2.30 bits per heavy atom. The lowest BCUT2D eigenvalue weighted by molar-refractivity contribution is -0.118. The summed E-state index contributed by atoms with van der Waals surface area (Å²) in [6, 6.07) is 9.85. The zero-order chi connectivity index (χ0) is 17.1. The number of carbonyl (C=O) groups excluding carboxylic acids is 2. The Kier molecular flexibility index (Phi) is 8.38. The van der Waals surface area contributed by atoms with Gasteiger partial charge in [-0.2, -0.15) is 0 Å². The monoisotopic (exact) mass is 319 g/mol. The van der Waals surface area contributed by atoms with Crippen LogP contribution < -0.4 is 5.32 Å². The molecular weight excluding hydrogens is 290 g/mol. The van der Waals surface area contributed by atoms with Crippen LogP contribution in [-0.4, -0.2) is 24.0 Å². The van der Waals surface area contributed by atoms with Crippen molar-refractivity contribution in [1.82, 2.24) is 5.32 Å². The van der Waals surface area contributed by atoms with Gasteiger partial charge in [-0.15, -0.1) is 0 Å². The molecule has 0 saturated heterocycles. The number of hydrogen-bond acceptors (Lipinski definition) is 3. The third-order valence-electron chi connectivity index (χ3n) is 3.29. The number of carbonyl (C=O) groups is 2. The fourth-order valence-corrected chi connectivity index (χ4v) is 2.22. The van der Waals surface area contributed by atoms with Gasteiger partial charge in [-0.05, 0) is 39.2 Å². The Morgan fingerprint density at radius 1 is 1.00 bits per heavy atom. The van der Waals surface area contributed by atoms with Gasteiger partial charge in [0.1, 0.15) is 11.4 Å². The van der Waals surface area contributed by atoms with Gasteiger partial charge < -0.3 is 10.1 Å². The Morgan fingerprint density at radius 2 is 1.65 bits per heavy atom. The molecule has 1 N–H and O–H groups in total. The lowest BCUT2D eigenvalue weighted by atomic mass is 10.0. The Hall–Kier alpha value is -1.84. The summed E-state index contributed by atoms with van der Waals surface area (Å²) >= 11 is 0. The molecule has 0 spiro atoms. The van der Waals surface area contributed by atoms with Crippen LogP contribution in [0.25, 0.3) is 0 Å². The molecule has 0 radical (unpaired) electrons. The number of benzene rings is 1. The number of hydrogen-bond donors (Lipinski definition) is 1. The molecule has 0 aliphatic carbocycles. The molecule has 1 amide bonds. The summed E-state index contributed by atoms with van der Waals surface area (Å²) in [5.41, 5.74) is 0.627. The van der Waals surface area contributed by atoms with E-state index >= 15 is 0 Å². The first-order chi connectivity index (χ1) is 10.9. The highest BCUT2D eigenvalue weighted by molar-refractivity contribution is 5.80. The molecule has 1 aromatic carbocycles. The van der Waals surface area contributed by atoms with E-state index in [1.165, 1.54) is 0 Å². The summed E-state index contributed by atoms with van der Waals surface area (Å²) in [7, 11) is 0. The molecule has 0 atom stereocenters. The highest BCUT2D eigenvalue weighted by Gasteiger charge is 2.15. The normalized spacial score (nSPS) is 11.1. The maximum absolute atomic E-state index is 11.8. The Bertz CT molecular complexity index is 477. The van der Waals surface area contributed by atoms with Crippen molar-refractivity contribution in [1.29, 1.82) is 0 Å². The van der Waals surface area contributed by atoms with E-state index in [-0.39, 0.29) is 6.09 Å². The summed E-state index contributed by atoms with van der Waals surface area (Å²) in [5, 5.41) is 2.74. The molecule has 128 valence electrons. The summed E-state index contributed by atoms with van der Waals surface area (Å²) in [6.45, 7) is 6.16. The molecule has 1 rings (SSSR count). The van der Waals surface area contributed by atoms with Gasteiger partial charge in [-0.1, -0.05) is 43.2 Å². The van der Waals surface area contributed by atoms with Gasteiger partial charge in [0.15, 0.2) is 0 Å². The molecular formula is C19H29NO3. The van der Waals surface area contributed by atoms with Gasteiger partial charge in [0.05, 0.1) is 0 Å². The summed E-state index contributed by atoms with van der Waals surface area (Å²) < 4.78 is 5.16. The van der Waals surface area contributed by atoms with Crippen molar-refractivity contribution in [2.24, 2.45) is 0 Å². The van der Waals surface area contributed by atoms with Crippen LogP contribution in [0.4, 0.5) is 4.79 Å². The molecule has 0 aliphatic rings. The van der Waals surface area contributed by atoms with Gasteiger partial charge >= 0.3 is 6.09 Å². The zero-order valence-electron chi connectivity index (χ0n) is 14.6. The minimum absolute atomic E-state index is 0.295.